The number of hydrogen-bond donors (Lipinski definition) is 1. The van der Waals surface area contributed by atoms with Gasteiger partial charge in [-0.15, -0.1) is 11.3 Å². The molecule has 0 spiro atoms. The van der Waals surface area contributed by atoms with Gasteiger partial charge in [0.2, 0.25) is 0 Å². The van der Waals surface area contributed by atoms with Gasteiger partial charge in [0.25, 0.3) is 5.91 Å². The van der Waals surface area contributed by atoms with Crippen molar-refractivity contribution in [1.29, 1.82) is 0 Å². The molecule has 0 fully saturated rings. The van der Waals surface area contributed by atoms with Gasteiger partial charge in [0.15, 0.2) is 0 Å². The van der Waals surface area contributed by atoms with Crippen molar-refractivity contribution in [2.24, 2.45) is 0 Å². The van der Waals surface area contributed by atoms with E-state index < -0.39 is 0 Å². The number of fused-ring (bicyclic) bond motifs is 1. The molecule has 1 aromatic carbocycles. The van der Waals surface area contributed by atoms with Crippen molar-refractivity contribution in [3.05, 3.63) is 49.6 Å². The van der Waals surface area contributed by atoms with Gasteiger partial charge in [0.1, 0.15) is 0 Å². The number of benzene rings is 1. The molecule has 1 amide bonds. The molecule has 0 aliphatic carbocycles. The van der Waals surface area contributed by atoms with E-state index in [0.29, 0.717) is 0 Å². The van der Waals surface area contributed by atoms with E-state index in [2.05, 4.69) is 21.2 Å². The summed E-state index contributed by atoms with van der Waals surface area (Å²) in [4.78, 5) is 14.5. The largest absolute Gasteiger partial charge is 0.321 e. The third-order valence-corrected chi connectivity index (χ3v) is 6.38. The second-order valence-electron chi connectivity index (χ2n) is 4.78. The Morgan fingerprint density at radius 2 is 2.20 bits per heavy atom. The Morgan fingerprint density at radius 3 is 2.95 bits per heavy atom. The molecule has 0 unspecified atom stereocenters. The molecular formula is C15H14BrNOS2. The first-order chi connectivity index (χ1) is 9.63. The summed E-state index contributed by atoms with van der Waals surface area (Å²) in [5.74, 6) is 2.19. The lowest BCUT2D eigenvalue weighted by atomic mass is 10.2. The highest BCUT2D eigenvalue weighted by Crippen LogP contribution is 2.32. The third-order valence-electron chi connectivity index (χ3n) is 3.28. The predicted molar refractivity (Wildman–Crippen MR) is 91.0 cm³/mol. The van der Waals surface area contributed by atoms with Gasteiger partial charge in [0, 0.05) is 20.8 Å². The van der Waals surface area contributed by atoms with Gasteiger partial charge < -0.3 is 5.32 Å². The minimum Gasteiger partial charge on any atom is -0.321 e. The van der Waals surface area contributed by atoms with Crippen molar-refractivity contribution in [3.8, 4) is 0 Å². The van der Waals surface area contributed by atoms with Crippen LogP contribution in [-0.2, 0) is 12.2 Å². The quantitative estimate of drug-likeness (QED) is 0.820. The summed E-state index contributed by atoms with van der Waals surface area (Å²) in [6.45, 7) is 2.03. The highest BCUT2D eigenvalue weighted by Gasteiger charge is 2.17. The number of nitrogens with one attached hydrogen (secondary N) is 1. The van der Waals surface area contributed by atoms with E-state index in [1.807, 2.05) is 43.0 Å². The van der Waals surface area contributed by atoms with E-state index in [9.17, 15) is 4.79 Å². The molecule has 2 heterocycles. The maximum absolute atomic E-state index is 12.3. The smallest absolute Gasteiger partial charge is 0.265 e. The van der Waals surface area contributed by atoms with Crippen LogP contribution in [-0.4, -0.2) is 11.7 Å². The van der Waals surface area contributed by atoms with Gasteiger partial charge in [-0.3, -0.25) is 4.79 Å². The molecule has 0 bridgehead atoms. The standard InChI is InChI=1S/C15H14BrNOS2/c1-9-2-3-11(7-12(9)16)17-15(18)14-6-10-8-19-5-4-13(10)20-14/h2-3,6-7H,4-5,8H2,1H3,(H,17,18). The molecule has 0 atom stereocenters. The zero-order valence-corrected chi connectivity index (χ0v) is 14.3. The Kier molecular flexibility index (Phi) is 4.19. The summed E-state index contributed by atoms with van der Waals surface area (Å²) in [7, 11) is 0. The molecule has 2 nitrogen and oxygen atoms in total. The molecule has 0 saturated heterocycles. The van der Waals surface area contributed by atoms with Gasteiger partial charge in [-0.25, -0.2) is 0 Å². The Hall–Kier alpha value is -0.780. The number of halogens is 1. The summed E-state index contributed by atoms with van der Waals surface area (Å²) in [6.07, 6.45) is 1.09. The number of carbonyl (C=O) groups excluding carboxylic acids is 1. The van der Waals surface area contributed by atoms with Crippen molar-refractivity contribution in [3.63, 3.8) is 0 Å². The lowest BCUT2D eigenvalue weighted by Gasteiger charge is -2.08. The molecule has 104 valence electrons. The Bertz CT molecular complexity index is 642. The van der Waals surface area contributed by atoms with E-state index >= 15 is 0 Å². The fraction of sp³-hybridized carbons (Fsp3) is 0.267. The van der Waals surface area contributed by atoms with Crippen LogP contribution in [0.15, 0.2) is 28.7 Å². The number of carbonyl (C=O) groups is 1. The predicted octanol–water partition coefficient (Wildman–Crippen LogP) is 4.86. The summed E-state index contributed by atoms with van der Waals surface area (Å²) < 4.78 is 1.01. The summed E-state index contributed by atoms with van der Waals surface area (Å²) >= 11 is 7.06. The van der Waals surface area contributed by atoms with Crippen LogP contribution in [0.4, 0.5) is 5.69 Å². The molecule has 0 saturated carbocycles. The average molecular weight is 368 g/mol. The second-order valence-corrected chi connectivity index (χ2v) is 7.88. The molecule has 5 heteroatoms. The molecular weight excluding hydrogens is 354 g/mol. The van der Waals surface area contributed by atoms with Crippen molar-refractivity contribution >= 4 is 50.6 Å². The summed E-state index contributed by atoms with van der Waals surface area (Å²) in [5, 5.41) is 2.97. The number of thioether (sulfide) groups is 1. The Morgan fingerprint density at radius 1 is 1.35 bits per heavy atom. The monoisotopic (exact) mass is 367 g/mol. The molecule has 1 aliphatic heterocycles. The van der Waals surface area contributed by atoms with Crippen LogP contribution in [0, 0.1) is 6.92 Å². The first-order valence-corrected chi connectivity index (χ1v) is 9.17. The van der Waals surface area contributed by atoms with E-state index in [-0.39, 0.29) is 5.91 Å². The van der Waals surface area contributed by atoms with Crippen LogP contribution < -0.4 is 5.32 Å². The first-order valence-electron chi connectivity index (χ1n) is 6.40. The maximum Gasteiger partial charge on any atom is 0.265 e. The van der Waals surface area contributed by atoms with Crippen molar-refractivity contribution < 1.29 is 4.79 Å². The van der Waals surface area contributed by atoms with Crippen LogP contribution >= 0.6 is 39.0 Å². The lowest BCUT2D eigenvalue weighted by molar-refractivity contribution is 0.103. The summed E-state index contributed by atoms with van der Waals surface area (Å²) in [6, 6.07) is 7.92. The minimum atomic E-state index is -0.00912. The van der Waals surface area contributed by atoms with Crippen LogP contribution in [0.25, 0.3) is 0 Å². The summed E-state index contributed by atoms with van der Waals surface area (Å²) in [5.41, 5.74) is 3.32. The van der Waals surface area contributed by atoms with E-state index in [1.54, 1.807) is 11.3 Å². The van der Waals surface area contributed by atoms with Crippen LogP contribution in [0.3, 0.4) is 0 Å². The van der Waals surface area contributed by atoms with E-state index in [4.69, 9.17) is 0 Å². The third kappa shape index (κ3) is 2.95. The van der Waals surface area contributed by atoms with Crippen molar-refractivity contribution in [1.82, 2.24) is 0 Å². The number of hydrogen-bond acceptors (Lipinski definition) is 3. The zero-order valence-electron chi connectivity index (χ0n) is 11.0. The van der Waals surface area contributed by atoms with Crippen LogP contribution in [0.2, 0.25) is 0 Å². The zero-order chi connectivity index (χ0) is 14.1. The minimum absolute atomic E-state index is 0.00912. The van der Waals surface area contributed by atoms with Crippen LogP contribution in [0.1, 0.15) is 25.7 Å². The lowest BCUT2D eigenvalue weighted by Crippen LogP contribution is -2.10. The molecule has 1 aliphatic rings. The molecule has 1 N–H and O–H groups in total. The van der Waals surface area contributed by atoms with Gasteiger partial charge in [-0.2, -0.15) is 11.8 Å². The molecule has 2 aromatic rings. The van der Waals surface area contributed by atoms with E-state index in [1.165, 1.54) is 16.2 Å². The van der Waals surface area contributed by atoms with E-state index in [0.717, 1.165) is 32.8 Å². The first kappa shape index (κ1) is 14.2. The number of rotatable bonds is 2. The van der Waals surface area contributed by atoms with Crippen molar-refractivity contribution in [2.75, 3.05) is 11.1 Å². The molecule has 0 radical (unpaired) electrons. The Labute approximate surface area is 135 Å². The highest BCUT2D eigenvalue weighted by atomic mass is 79.9. The molecule has 3 rings (SSSR count). The fourth-order valence-corrected chi connectivity index (χ4v) is 4.77. The molecule has 1 aromatic heterocycles. The number of aryl methyl sites for hydroxylation is 2. The van der Waals surface area contributed by atoms with Gasteiger partial charge >= 0.3 is 0 Å². The maximum atomic E-state index is 12.3. The normalized spacial score (nSPS) is 13.9. The number of amides is 1. The fourth-order valence-electron chi connectivity index (χ4n) is 2.12. The van der Waals surface area contributed by atoms with Gasteiger partial charge in [-0.05, 0) is 48.4 Å². The SMILES string of the molecule is Cc1ccc(NC(=O)c2cc3c(s2)CCSC3)cc1Br. The van der Waals surface area contributed by atoms with Crippen molar-refractivity contribution in [2.45, 2.75) is 19.1 Å². The van der Waals surface area contributed by atoms with Gasteiger partial charge in [-0.1, -0.05) is 22.0 Å². The topological polar surface area (TPSA) is 29.1 Å². The Balaban J connectivity index is 1.78. The highest BCUT2D eigenvalue weighted by molar-refractivity contribution is 9.10. The average Bonchev–Trinajstić information content (AvgIpc) is 2.87. The second kappa shape index (κ2) is 5.92. The number of thiophene rings is 1. The number of anilines is 1. The van der Waals surface area contributed by atoms with Gasteiger partial charge in [0.05, 0.1) is 4.88 Å². The molecule has 20 heavy (non-hydrogen) atoms. The van der Waals surface area contributed by atoms with Crippen LogP contribution in [0.5, 0.6) is 0 Å².